The van der Waals surface area contributed by atoms with Crippen LogP contribution in [0.15, 0.2) is 24.3 Å². The van der Waals surface area contributed by atoms with Crippen molar-refractivity contribution in [3.63, 3.8) is 0 Å². The van der Waals surface area contributed by atoms with Gasteiger partial charge < -0.3 is 60.6 Å². The highest BCUT2D eigenvalue weighted by Crippen LogP contribution is 2.17. The van der Waals surface area contributed by atoms with Gasteiger partial charge in [-0.3, -0.25) is 43.2 Å². The first kappa shape index (κ1) is 74.5. The zero-order valence-corrected chi connectivity index (χ0v) is 48.5. The molecule has 24 heteroatoms. The third-order valence-electron chi connectivity index (χ3n) is 13.3. The number of benzene rings is 1. The van der Waals surface area contributed by atoms with Crippen molar-refractivity contribution in [2.24, 2.45) is 5.92 Å². The van der Waals surface area contributed by atoms with E-state index >= 15 is 0 Å². The standard InChI is InChI=1S/C59H92N4O20/c1-43-22-24-44(25-23-43)55(71)61-32-16-18-48(66)41-82-38-37-81-35-33-60-52(68)31-26-45(56(72)73)40-47(65)28-30-50(58(76)77)63-54(70)42-83-39-36-80-34-17-19-46(64)27-29-49(57(74)75)62-53(69)21-15-13-11-9-7-5-3-2-4-6-8-10-12-14-20-51(67)59(78)79/h22-25,45,49-50H,2-21,26-42H2,1H3,(H,60,68)(H,61,71)(H,62,69)(H,63,70)(H,72,73)(H,74,75)(H,76,77)(H,78,79)/t45?,49-,50-/m0/s1. The van der Waals surface area contributed by atoms with Gasteiger partial charge in [0, 0.05) is 76.6 Å². The van der Waals surface area contributed by atoms with E-state index in [0.717, 1.165) is 76.2 Å². The van der Waals surface area contributed by atoms with Gasteiger partial charge in [-0.25, -0.2) is 14.4 Å². The van der Waals surface area contributed by atoms with Crippen LogP contribution in [0.2, 0.25) is 0 Å². The fourth-order valence-electron chi connectivity index (χ4n) is 8.43. The molecule has 0 aliphatic carbocycles. The van der Waals surface area contributed by atoms with Gasteiger partial charge in [-0.1, -0.05) is 94.7 Å². The number of carbonyl (C=O) groups is 12. The van der Waals surface area contributed by atoms with Crippen molar-refractivity contribution in [2.45, 2.75) is 192 Å². The molecule has 468 valence electrons. The molecule has 3 atom stereocenters. The van der Waals surface area contributed by atoms with E-state index in [1.54, 1.807) is 12.1 Å². The minimum Gasteiger partial charge on any atom is -0.481 e. The average molecular weight is 1180 g/mol. The maximum absolute atomic E-state index is 12.7. The second kappa shape index (κ2) is 47.9. The van der Waals surface area contributed by atoms with E-state index in [-0.39, 0.29) is 140 Å². The largest absolute Gasteiger partial charge is 0.481 e. The highest BCUT2D eigenvalue weighted by Gasteiger charge is 2.26. The molecule has 4 amide bonds. The number of carbonyl (C=O) groups excluding carboxylic acids is 8. The first-order valence-electron chi connectivity index (χ1n) is 29.3. The lowest BCUT2D eigenvalue weighted by molar-refractivity contribution is -0.149. The topological polar surface area (TPSA) is 371 Å². The van der Waals surface area contributed by atoms with Crippen molar-refractivity contribution in [3.8, 4) is 0 Å². The number of ketones is 4. The number of ether oxygens (including phenoxy) is 4. The normalized spacial score (nSPS) is 12.1. The zero-order valence-electron chi connectivity index (χ0n) is 48.5. The summed E-state index contributed by atoms with van der Waals surface area (Å²) in [7, 11) is 0. The quantitative estimate of drug-likeness (QED) is 0.0289. The van der Waals surface area contributed by atoms with Crippen LogP contribution in [0.4, 0.5) is 0 Å². The lowest BCUT2D eigenvalue weighted by Gasteiger charge is -2.15. The van der Waals surface area contributed by atoms with Gasteiger partial charge in [0.05, 0.1) is 39.0 Å². The number of hydrogen-bond acceptors (Lipinski definition) is 16. The van der Waals surface area contributed by atoms with Gasteiger partial charge in [0.2, 0.25) is 23.5 Å². The van der Waals surface area contributed by atoms with Crippen molar-refractivity contribution in [1.29, 1.82) is 0 Å². The van der Waals surface area contributed by atoms with Gasteiger partial charge in [0.15, 0.2) is 5.78 Å². The molecule has 1 aromatic carbocycles. The molecule has 0 radical (unpaired) electrons. The maximum Gasteiger partial charge on any atom is 0.372 e. The Bertz CT molecular complexity index is 2140. The molecular formula is C59H92N4O20. The van der Waals surface area contributed by atoms with Gasteiger partial charge in [-0.05, 0) is 64.0 Å². The van der Waals surface area contributed by atoms with E-state index in [2.05, 4.69) is 21.3 Å². The predicted octanol–water partition coefficient (Wildman–Crippen LogP) is 5.64. The van der Waals surface area contributed by atoms with Crippen molar-refractivity contribution < 1.29 is 96.9 Å². The Balaban J connectivity index is 2.11. The molecule has 1 rings (SSSR count). The summed E-state index contributed by atoms with van der Waals surface area (Å²) in [5, 5.41) is 47.6. The van der Waals surface area contributed by atoms with Crippen molar-refractivity contribution in [1.82, 2.24) is 21.3 Å². The van der Waals surface area contributed by atoms with E-state index in [1.165, 1.54) is 6.42 Å². The molecule has 1 unspecified atom stereocenters. The van der Waals surface area contributed by atoms with Crippen LogP contribution in [-0.4, -0.2) is 169 Å². The molecule has 0 heterocycles. The smallest absolute Gasteiger partial charge is 0.372 e. The number of aryl methyl sites for hydroxylation is 1. The number of rotatable bonds is 56. The molecular weight excluding hydrogens is 1080 g/mol. The van der Waals surface area contributed by atoms with Crippen molar-refractivity contribution >= 4 is 70.6 Å². The third-order valence-corrected chi connectivity index (χ3v) is 13.3. The number of carboxylic acids is 4. The lowest BCUT2D eigenvalue weighted by Crippen LogP contribution is -2.42. The summed E-state index contributed by atoms with van der Waals surface area (Å²) in [6.07, 6.45) is 13.9. The second-order valence-corrected chi connectivity index (χ2v) is 20.6. The van der Waals surface area contributed by atoms with Crippen molar-refractivity contribution in [3.05, 3.63) is 35.4 Å². The SMILES string of the molecule is Cc1ccc(C(=O)NCCCC(=O)COCCOCCNC(=O)CCC(CC(=O)CC[C@H](NC(=O)COCCOCCCC(=O)CC[C@H](NC(=O)CCCCCCCCCCCCCCCCC(=O)C(=O)O)C(=O)O)C(=O)O)C(=O)O)cc1. The van der Waals surface area contributed by atoms with Crippen LogP contribution in [0, 0.1) is 12.8 Å². The Morgan fingerprint density at radius 2 is 0.904 bits per heavy atom. The highest BCUT2D eigenvalue weighted by molar-refractivity contribution is 6.32. The van der Waals surface area contributed by atoms with Gasteiger partial charge in [-0.15, -0.1) is 0 Å². The summed E-state index contributed by atoms with van der Waals surface area (Å²) in [5.41, 5.74) is 1.59. The van der Waals surface area contributed by atoms with Crippen LogP contribution in [0.1, 0.15) is 189 Å². The van der Waals surface area contributed by atoms with Gasteiger partial charge >= 0.3 is 23.9 Å². The van der Waals surface area contributed by atoms with E-state index < -0.39 is 78.3 Å². The summed E-state index contributed by atoms with van der Waals surface area (Å²) in [6.45, 7) is 2.35. The summed E-state index contributed by atoms with van der Waals surface area (Å²) in [5.74, 6) is -9.95. The molecule has 0 saturated heterocycles. The molecule has 0 aliphatic rings. The number of amides is 4. The first-order valence-corrected chi connectivity index (χ1v) is 29.3. The molecule has 0 aromatic heterocycles. The van der Waals surface area contributed by atoms with Gasteiger partial charge in [0.1, 0.15) is 36.9 Å². The number of nitrogens with one attached hydrogen (secondary N) is 4. The molecule has 0 saturated carbocycles. The van der Waals surface area contributed by atoms with Gasteiger partial charge in [-0.2, -0.15) is 0 Å². The molecule has 0 spiro atoms. The minimum absolute atomic E-state index is 0.0424. The maximum atomic E-state index is 12.7. The number of aliphatic carboxylic acids is 4. The van der Waals surface area contributed by atoms with Crippen LogP contribution < -0.4 is 21.3 Å². The van der Waals surface area contributed by atoms with E-state index in [4.69, 9.17) is 24.1 Å². The highest BCUT2D eigenvalue weighted by atomic mass is 16.5. The zero-order chi connectivity index (χ0) is 61.5. The molecule has 0 aliphatic heterocycles. The second-order valence-electron chi connectivity index (χ2n) is 20.6. The van der Waals surface area contributed by atoms with Crippen LogP contribution in [-0.2, 0) is 71.7 Å². The number of unbranched alkanes of at least 4 members (excludes halogenated alkanes) is 13. The summed E-state index contributed by atoms with van der Waals surface area (Å²) >= 11 is 0. The summed E-state index contributed by atoms with van der Waals surface area (Å²) < 4.78 is 21.4. The molecule has 0 bridgehead atoms. The Kier molecular flexibility index (Phi) is 43.0. The monoisotopic (exact) mass is 1180 g/mol. The fourth-order valence-corrected chi connectivity index (χ4v) is 8.43. The molecule has 1 aromatic rings. The van der Waals surface area contributed by atoms with Crippen LogP contribution >= 0.6 is 0 Å². The Labute approximate surface area is 487 Å². The number of carboxylic acid groups (broad SMARTS) is 4. The van der Waals surface area contributed by atoms with E-state index in [9.17, 15) is 72.9 Å². The van der Waals surface area contributed by atoms with E-state index in [0.29, 0.717) is 37.8 Å². The van der Waals surface area contributed by atoms with Crippen molar-refractivity contribution in [2.75, 3.05) is 65.9 Å². The third kappa shape index (κ3) is 42.0. The molecule has 24 nitrogen and oxygen atoms in total. The Morgan fingerprint density at radius 3 is 1.46 bits per heavy atom. The molecule has 0 fully saturated rings. The summed E-state index contributed by atoms with van der Waals surface area (Å²) in [4.78, 5) is 143. The predicted molar refractivity (Wildman–Crippen MR) is 302 cm³/mol. The van der Waals surface area contributed by atoms with Crippen LogP contribution in [0.25, 0.3) is 0 Å². The minimum atomic E-state index is -1.46. The van der Waals surface area contributed by atoms with E-state index in [1.807, 2.05) is 19.1 Å². The first-order chi connectivity index (χ1) is 39.8. The van der Waals surface area contributed by atoms with Crippen LogP contribution in [0.3, 0.4) is 0 Å². The fraction of sp³-hybridized carbons (Fsp3) is 0.695. The molecule has 8 N–H and O–H groups in total. The Morgan fingerprint density at radius 1 is 0.410 bits per heavy atom. The number of Topliss-reactive ketones (excluding diaryl/α,β-unsaturated/α-hetero) is 4. The Hall–Kier alpha value is -6.50. The lowest BCUT2D eigenvalue weighted by atomic mass is 9.94. The average Bonchev–Trinajstić information content (AvgIpc) is 3.44. The summed E-state index contributed by atoms with van der Waals surface area (Å²) in [6, 6.07) is 4.51. The molecule has 83 heavy (non-hydrogen) atoms. The van der Waals surface area contributed by atoms with Gasteiger partial charge in [0.25, 0.3) is 5.91 Å². The number of hydrogen-bond donors (Lipinski definition) is 8. The van der Waals surface area contributed by atoms with Crippen LogP contribution in [0.5, 0.6) is 0 Å².